The van der Waals surface area contributed by atoms with Gasteiger partial charge in [-0.1, -0.05) is 116 Å². The Balaban J connectivity index is 3.10. The van der Waals surface area contributed by atoms with Crippen LogP contribution in [0.4, 0.5) is 13.2 Å². The smallest absolute Gasteiger partial charge is 0.348 e. The summed E-state index contributed by atoms with van der Waals surface area (Å²) in [7, 11) is 0. The van der Waals surface area contributed by atoms with Gasteiger partial charge in [0.15, 0.2) is 0 Å². The summed E-state index contributed by atoms with van der Waals surface area (Å²) in [4.78, 5) is 10.6. The Hall–Kier alpha value is -0.740. The van der Waals surface area contributed by atoms with Gasteiger partial charge in [-0.15, -0.1) is 0 Å². The second-order valence-corrected chi connectivity index (χ2v) is 7.76. The summed E-state index contributed by atoms with van der Waals surface area (Å²) < 4.78 is 35.9. The third-order valence-electron chi connectivity index (χ3n) is 5.07. The fourth-order valence-corrected chi connectivity index (χ4v) is 3.33. The van der Waals surface area contributed by atoms with Gasteiger partial charge in [-0.05, 0) is 6.42 Å². The van der Waals surface area contributed by atoms with Crippen LogP contribution in [0, 0.1) is 0 Å². The molecule has 0 atom stereocenters. The van der Waals surface area contributed by atoms with Crippen LogP contribution in [0.3, 0.4) is 0 Å². The van der Waals surface area contributed by atoms with Crippen LogP contribution in [-0.2, 0) is 4.79 Å². The van der Waals surface area contributed by atoms with Crippen LogP contribution in [0.1, 0.15) is 122 Å². The Morgan fingerprint density at radius 3 is 1.19 bits per heavy atom. The van der Waals surface area contributed by atoms with Crippen molar-refractivity contribution in [3.05, 3.63) is 0 Å². The van der Waals surface area contributed by atoms with Crippen LogP contribution >= 0.6 is 0 Å². The topological polar surface area (TPSA) is 29.1 Å². The fraction of sp³-hybridized carbons (Fsp3) is 0.955. The molecule has 162 valence electrons. The molecule has 0 saturated heterocycles. The molecule has 0 aliphatic heterocycles. The summed E-state index contributed by atoms with van der Waals surface area (Å²) in [6, 6.07) is 0. The van der Waals surface area contributed by atoms with E-state index in [9.17, 15) is 18.0 Å². The van der Waals surface area contributed by atoms with Crippen molar-refractivity contribution in [2.75, 3.05) is 6.54 Å². The Bertz CT molecular complexity index is 332. The number of unbranched alkanes of at least 4 members (excludes halogenated alkanes) is 17. The van der Waals surface area contributed by atoms with Crippen LogP contribution in [0.5, 0.6) is 0 Å². The normalized spacial score (nSPS) is 11.7. The van der Waals surface area contributed by atoms with E-state index in [0.29, 0.717) is 6.42 Å². The fourth-order valence-electron chi connectivity index (χ4n) is 3.33. The average molecular weight is 394 g/mol. The van der Waals surface area contributed by atoms with Gasteiger partial charge in [0.1, 0.15) is 0 Å². The molecule has 0 bridgehead atoms. The lowest BCUT2D eigenvalue weighted by Gasteiger charge is -2.07. The van der Waals surface area contributed by atoms with Crippen LogP contribution in [-0.4, -0.2) is 18.6 Å². The maximum Gasteiger partial charge on any atom is 0.471 e. The first-order chi connectivity index (χ1) is 13.0. The SMILES string of the molecule is CCCCCCCCCCCCCCCCCCCCNC(=O)C(F)(F)F. The molecule has 1 N–H and O–H groups in total. The highest BCUT2D eigenvalue weighted by molar-refractivity contribution is 5.81. The number of hydrogen-bond acceptors (Lipinski definition) is 1. The molecule has 0 radical (unpaired) electrons. The van der Waals surface area contributed by atoms with Gasteiger partial charge in [0.2, 0.25) is 0 Å². The molecule has 0 aliphatic rings. The van der Waals surface area contributed by atoms with E-state index in [4.69, 9.17) is 0 Å². The van der Waals surface area contributed by atoms with Gasteiger partial charge < -0.3 is 5.32 Å². The number of alkyl halides is 3. The molecule has 2 nitrogen and oxygen atoms in total. The lowest BCUT2D eigenvalue weighted by Crippen LogP contribution is -2.37. The molecule has 0 aromatic carbocycles. The van der Waals surface area contributed by atoms with E-state index in [-0.39, 0.29) is 6.54 Å². The van der Waals surface area contributed by atoms with Gasteiger partial charge in [0.25, 0.3) is 0 Å². The predicted octanol–water partition coefficient (Wildman–Crippen LogP) is 7.71. The minimum absolute atomic E-state index is 0.122. The summed E-state index contributed by atoms with van der Waals surface area (Å²) >= 11 is 0. The first-order valence-electron chi connectivity index (χ1n) is 11.3. The first-order valence-corrected chi connectivity index (χ1v) is 11.3. The zero-order chi connectivity index (χ0) is 20.2. The van der Waals surface area contributed by atoms with E-state index in [2.05, 4.69) is 6.92 Å². The Labute approximate surface area is 165 Å². The van der Waals surface area contributed by atoms with Crippen LogP contribution in [0.25, 0.3) is 0 Å². The van der Waals surface area contributed by atoms with Crippen molar-refractivity contribution in [2.24, 2.45) is 0 Å². The molecule has 0 aromatic rings. The van der Waals surface area contributed by atoms with E-state index in [0.717, 1.165) is 19.3 Å². The number of carbonyl (C=O) groups excluding carboxylic acids is 1. The van der Waals surface area contributed by atoms with Crippen LogP contribution in [0.2, 0.25) is 0 Å². The highest BCUT2D eigenvalue weighted by atomic mass is 19.4. The van der Waals surface area contributed by atoms with E-state index in [1.54, 1.807) is 0 Å². The molecule has 0 spiro atoms. The molecule has 1 amide bonds. The highest BCUT2D eigenvalue weighted by Gasteiger charge is 2.38. The van der Waals surface area contributed by atoms with Gasteiger partial charge >= 0.3 is 12.1 Å². The second-order valence-electron chi connectivity index (χ2n) is 7.76. The highest BCUT2D eigenvalue weighted by Crippen LogP contribution is 2.15. The van der Waals surface area contributed by atoms with Gasteiger partial charge in [-0.2, -0.15) is 13.2 Å². The minimum Gasteiger partial charge on any atom is -0.348 e. The summed E-state index contributed by atoms with van der Waals surface area (Å²) in [6.45, 7) is 2.38. The largest absolute Gasteiger partial charge is 0.471 e. The van der Waals surface area contributed by atoms with E-state index in [1.165, 1.54) is 89.9 Å². The summed E-state index contributed by atoms with van der Waals surface area (Å²) in [6.07, 6.45) is 17.9. The number of carbonyl (C=O) groups is 1. The second kappa shape index (κ2) is 18.6. The third kappa shape index (κ3) is 19.8. The molecule has 0 rings (SSSR count). The van der Waals surface area contributed by atoms with E-state index in [1.807, 2.05) is 5.32 Å². The summed E-state index contributed by atoms with van der Waals surface area (Å²) in [5.41, 5.74) is 0. The van der Waals surface area contributed by atoms with E-state index >= 15 is 0 Å². The number of halogens is 3. The maximum atomic E-state index is 12.0. The van der Waals surface area contributed by atoms with Crippen molar-refractivity contribution in [1.29, 1.82) is 0 Å². The zero-order valence-corrected chi connectivity index (χ0v) is 17.5. The van der Waals surface area contributed by atoms with Crippen molar-refractivity contribution >= 4 is 5.91 Å². The van der Waals surface area contributed by atoms with Gasteiger partial charge in [0, 0.05) is 6.54 Å². The standard InChI is InChI=1S/C22H42F3NO/c1-2-3-4-5-6-7-8-9-10-11-12-13-14-15-16-17-18-19-20-26-21(27)22(23,24)25/h2-20H2,1H3,(H,26,27). The number of hydrogen-bond donors (Lipinski definition) is 1. The molecule has 0 heterocycles. The lowest BCUT2D eigenvalue weighted by molar-refractivity contribution is -0.173. The molecule has 27 heavy (non-hydrogen) atoms. The molecule has 0 unspecified atom stereocenters. The zero-order valence-electron chi connectivity index (χ0n) is 17.5. The summed E-state index contributed by atoms with van der Waals surface area (Å²) in [5, 5.41) is 1.91. The lowest BCUT2D eigenvalue weighted by atomic mass is 10.0. The van der Waals surface area contributed by atoms with Crippen molar-refractivity contribution in [3.8, 4) is 0 Å². The summed E-state index contributed by atoms with van der Waals surface area (Å²) in [5.74, 6) is -1.82. The third-order valence-corrected chi connectivity index (χ3v) is 5.07. The van der Waals surface area contributed by atoms with Gasteiger partial charge in [0.05, 0.1) is 0 Å². The van der Waals surface area contributed by atoms with Crippen molar-refractivity contribution in [1.82, 2.24) is 5.32 Å². The molecule has 0 aliphatic carbocycles. The van der Waals surface area contributed by atoms with Gasteiger partial charge in [-0.25, -0.2) is 0 Å². The molecule has 0 fully saturated rings. The van der Waals surface area contributed by atoms with Crippen molar-refractivity contribution < 1.29 is 18.0 Å². The Morgan fingerprint density at radius 1 is 0.593 bits per heavy atom. The number of rotatable bonds is 19. The van der Waals surface area contributed by atoms with Crippen molar-refractivity contribution in [2.45, 2.75) is 129 Å². The average Bonchev–Trinajstić information content (AvgIpc) is 2.62. The van der Waals surface area contributed by atoms with E-state index < -0.39 is 12.1 Å². The first kappa shape index (κ1) is 26.3. The van der Waals surface area contributed by atoms with Crippen molar-refractivity contribution in [3.63, 3.8) is 0 Å². The van der Waals surface area contributed by atoms with Crippen LogP contribution in [0.15, 0.2) is 0 Å². The molecule has 0 saturated carbocycles. The Morgan fingerprint density at radius 2 is 0.889 bits per heavy atom. The molecular weight excluding hydrogens is 351 g/mol. The monoisotopic (exact) mass is 393 g/mol. The number of nitrogens with one attached hydrogen (secondary N) is 1. The predicted molar refractivity (Wildman–Crippen MR) is 108 cm³/mol. The minimum atomic E-state index is -4.76. The number of amides is 1. The van der Waals surface area contributed by atoms with Gasteiger partial charge in [-0.3, -0.25) is 4.79 Å². The molecular formula is C22H42F3NO. The Kier molecular flexibility index (Phi) is 18.1. The maximum absolute atomic E-state index is 12.0. The molecule has 5 heteroatoms. The quantitative estimate of drug-likeness (QED) is 0.224. The van der Waals surface area contributed by atoms with Crippen LogP contribution < -0.4 is 5.32 Å². The molecule has 0 aromatic heterocycles.